The number of likely N-dealkylation sites (N-methyl/N-ethyl adjacent to an activating group) is 1. The fraction of sp³-hybridized carbons (Fsp3) is 0.235. The van der Waals surface area contributed by atoms with Gasteiger partial charge in [0, 0.05) is 30.8 Å². The second-order valence-electron chi connectivity index (χ2n) is 5.33. The van der Waals surface area contributed by atoms with E-state index in [9.17, 15) is 13.6 Å². The fourth-order valence-corrected chi connectivity index (χ4v) is 2.60. The topological polar surface area (TPSA) is 29.5 Å². The van der Waals surface area contributed by atoms with Crippen molar-refractivity contribution in [1.29, 1.82) is 0 Å². The molecule has 0 atom stereocenters. The van der Waals surface area contributed by atoms with Crippen LogP contribution in [0.4, 0.5) is 8.78 Å². The van der Waals surface area contributed by atoms with Gasteiger partial charge in [-0.15, -0.1) is 0 Å². The first kappa shape index (κ1) is 14.5. The highest BCUT2D eigenvalue weighted by molar-refractivity contribution is 5.97. The first-order chi connectivity index (χ1) is 10.5. The molecule has 1 aliphatic rings. The van der Waals surface area contributed by atoms with Gasteiger partial charge in [-0.3, -0.25) is 4.79 Å². The number of rotatable bonds is 3. The molecule has 0 aromatic heterocycles. The van der Waals surface area contributed by atoms with Crippen molar-refractivity contribution < 1.29 is 18.3 Å². The number of amides is 1. The van der Waals surface area contributed by atoms with E-state index >= 15 is 0 Å². The van der Waals surface area contributed by atoms with Crippen molar-refractivity contribution in [2.24, 2.45) is 0 Å². The van der Waals surface area contributed by atoms with Crippen LogP contribution in [0.1, 0.15) is 21.5 Å². The molecule has 0 saturated heterocycles. The number of halogens is 2. The van der Waals surface area contributed by atoms with E-state index in [2.05, 4.69) is 0 Å². The van der Waals surface area contributed by atoms with E-state index in [1.807, 2.05) is 0 Å². The maximum Gasteiger partial charge on any atom is 0.254 e. The third-order valence-corrected chi connectivity index (χ3v) is 3.72. The summed E-state index contributed by atoms with van der Waals surface area (Å²) in [6.45, 7) is 0.677. The number of carbonyl (C=O) groups is 1. The lowest BCUT2D eigenvalue weighted by Crippen LogP contribution is -2.34. The predicted molar refractivity (Wildman–Crippen MR) is 77.8 cm³/mol. The van der Waals surface area contributed by atoms with Crippen molar-refractivity contribution in [3.05, 3.63) is 64.7 Å². The summed E-state index contributed by atoms with van der Waals surface area (Å²) in [5.74, 6) is -0.719. The van der Waals surface area contributed by atoms with E-state index in [-0.39, 0.29) is 12.5 Å². The molecule has 1 heterocycles. The molecular weight excluding hydrogens is 288 g/mol. The van der Waals surface area contributed by atoms with Gasteiger partial charge in [-0.1, -0.05) is 6.07 Å². The molecule has 114 valence electrons. The summed E-state index contributed by atoms with van der Waals surface area (Å²) in [5, 5.41) is 0. The van der Waals surface area contributed by atoms with Gasteiger partial charge in [0.05, 0.1) is 0 Å². The lowest BCUT2D eigenvalue weighted by molar-refractivity contribution is 0.0779. The third kappa shape index (κ3) is 2.79. The molecule has 0 bridgehead atoms. The number of nitrogens with zero attached hydrogens (tertiary/aromatic N) is 1. The third-order valence-electron chi connectivity index (χ3n) is 3.72. The molecule has 1 aliphatic heterocycles. The maximum atomic E-state index is 13.2. The molecule has 2 aromatic rings. The van der Waals surface area contributed by atoms with Crippen LogP contribution in [0.15, 0.2) is 36.4 Å². The van der Waals surface area contributed by atoms with Crippen LogP contribution in [-0.2, 0) is 13.0 Å². The van der Waals surface area contributed by atoms with Crippen LogP contribution in [0.25, 0.3) is 0 Å². The van der Waals surface area contributed by atoms with Gasteiger partial charge in [-0.25, -0.2) is 8.78 Å². The van der Waals surface area contributed by atoms with Crippen LogP contribution in [0.5, 0.6) is 5.75 Å². The number of benzene rings is 2. The number of carbonyl (C=O) groups excluding carboxylic acids is 1. The summed E-state index contributed by atoms with van der Waals surface area (Å²) in [5.41, 5.74) is 1.88. The first-order valence-corrected chi connectivity index (χ1v) is 7.00. The van der Waals surface area contributed by atoms with Crippen LogP contribution in [0.3, 0.4) is 0 Å². The average Bonchev–Trinajstić information content (AvgIpc) is 2.48. The predicted octanol–water partition coefficient (Wildman–Crippen LogP) is 3.17. The molecule has 2 aromatic carbocycles. The van der Waals surface area contributed by atoms with Crippen LogP contribution in [-0.4, -0.2) is 24.4 Å². The minimum atomic E-state index is -0.634. The Kier molecular flexibility index (Phi) is 3.79. The zero-order valence-corrected chi connectivity index (χ0v) is 12.1. The molecule has 0 aliphatic carbocycles. The lowest BCUT2D eigenvalue weighted by Gasteiger charge is -2.26. The second kappa shape index (κ2) is 5.75. The van der Waals surface area contributed by atoms with E-state index < -0.39 is 11.6 Å². The Morgan fingerprint density at radius 2 is 1.91 bits per heavy atom. The summed E-state index contributed by atoms with van der Waals surface area (Å²) in [6, 6.07) is 8.57. The highest BCUT2D eigenvalue weighted by atomic mass is 19.1. The maximum absolute atomic E-state index is 13.2. The Bertz CT molecular complexity index is 710. The molecule has 0 fully saturated rings. The molecule has 0 radical (unpaired) electrons. The van der Waals surface area contributed by atoms with Gasteiger partial charge in [0.15, 0.2) is 0 Å². The van der Waals surface area contributed by atoms with Gasteiger partial charge in [-0.05, 0) is 36.2 Å². The smallest absolute Gasteiger partial charge is 0.254 e. The molecule has 0 spiro atoms. The van der Waals surface area contributed by atoms with E-state index in [1.54, 1.807) is 30.1 Å². The molecular formula is C17H15F2NO2. The summed E-state index contributed by atoms with van der Waals surface area (Å²) in [7, 11) is 1.76. The Morgan fingerprint density at radius 1 is 1.18 bits per heavy atom. The van der Waals surface area contributed by atoms with Crippen molar-refractivity contribution in [3.63, 3.8) is 0 Å². The Morgan fingerprint density at radius 3 is 2.64 bits per heavy atom. The number of fused-ring (bicyclic) bond motifs is 1. The van der Waals surface area contributed by atoms with Gasteiger partial charge in [0.25, 0.3) is 5.91 Å². The fourth-order valence-electron chi connectivity index (χ4n) is 2.60. The van der Waals surface area contributed by atoms with E-state index in [0.717, 1.165) is 11.6 Å². The highest BCUT2D eigenvalue weighted by Crippen LogP contribution is 2.28. The van der Waals surface area contributed by atoms with Crippen molar-refractivity contribution >= 4 is 5.91 Å². The number of hydrogen-bond acceptors (Lipinski definition) is 2. The monoisotopic (exact) mass is 303 g/mol. The zero-order chi connectivity index (χ0) is 15.7. The minimum absolute atomic E-state index is 0.0384. The largest absolute Gasteiger partial charge is 0.489 e. The van der Waals surface area contributed by atoms with Crippen LogP contribution in [0, 0.1) is 11.6 Å². The van der Waals surface area contributed by atoms with Crippen LogP contribution in [0.2, 0.25) is 0 Å². The summed E-state index contributed by atoms with van der Waals surface area (Å²) in [4.78, 5) is 13.8. The van der Waals surface area contributed by atoms with Gasteiger partial charge in [0.2, 0.25) is 0 Å². The first-order valence-electron chi connectivity index (χ1n) is 7.00. The highest BCUT2D eigenvalue weighted by Gasteiger charge is 2.24. The Balaban J connectivity index is 1.83. The summed E-state index contributed by atoms with van der Waals surface area (Å²) >= 11 is 0. The molecule has 0 N–H and O–H groups in total. The standard InChI is InChI=1S/C17H15F2NO2/c1-20-6-5-14-15(17(20)21)3-2-4-16(14)22-10-11-7-12(18)9-13(19)8-11/h2-4,7-9H,5-6,10H2,1H3. The van der Waals surface area contributed by atoms with Crippen LogP contribution >= 0.6 is 0 Å². The second-order valence-corrected chi connectivity index (χ2v) is 5.33. The number of ether oxygens (including phenoxy) is 1. The normalized spacial score (nSPS) is 14.0. The van der Waals surface area contributed by atoms with Gasteiger partial charge < -0.3 is 9.64 Å². The minimum Gasteiger partial charge on any atom is -0.489 e. The van der Waals surface area contributed by atoms with E-state index in [1.165, 1.54) is 12.1 Å². The van der Waals surface area contributed by atoms with Crippen molar-refractivity contribution in [2.75, 3.05) is 13.6 Å². The molecule has 22 heavy (non-hydrogen) atoms. The zero-order valence-electron chi connectivity index (χ0n) is 12.1. The Labute approximate surface area is 127 Å². The molecule has 3 nitrogen and oxygen atoms in total. The van der Waals surface area contributed by atoms with Crippen molar-refractivity contribution in [3.8, 4) is 5.75 Å². The molecule has 0 saturated carbocycles. The van der Waals surface area contributed by atoms with Gasteiger partial charge in [0.1, 0.15) is 24.0 Å². The van der Waals surface area contributed by atoms with Gasteiger partial charge in [-0.2, -0.15) is 0 Å². The Hall–Kier alpha value is -2.43. The SMILES string of the molecule is CN1CCc2c(OCc3cc(F)cc(F)c3)cccc2C1=O. The quantitative estimate of drug-likeness (QED) is 0.871. The summed E-state index contributed by atoms with van der Waals surface area (Å²) < 4.78 is 32.0. The molecule has 1 amide bonds. The van der Waals surface area contributed by atoms with Crippen molar-refractivity contribution in [2.45, 2.75) is 13.0 Å². The number of hydrogen-bond donors (Lipinski definition) is 0. The lowest BCUT2D eigenvalue weighted by atomic mass is 9.98. The van der Waals surface area contributed by atoms with Crippen LogP contribution < -0.4 is 4.74 Å². The van der Waals surface area contributed by atoms with Crippen molar-refractivity contribution in [1.82, 2.24) is 4.90 Å². The molecule has 5 heteroatoms. The average molecular weight is 303 g/mol. The van der Waals surface area contributed by atoms with E-state index in [4.69, 9.17) is 4.74 Å². The molecule has 3 rings (SSSR count). The van der Waals surface area contributed by atoms with Gasteiger partial charge >= 0.3 is 0 Å². The van der Waals surface area contributed by atoms with E-state index in [0.29, 0.717) is 29.8 Å². The molecule has 0 unspecified atom stereocenters. The summed E-state index contributed by atoms with van der Waals surface area (Å²) in [6.07, 6.45) is 0.700.